The van der Waals surface area contributed by atoms with Gasteiger partial charge in [-0.3, -0.25) is 4.79 Å². The molecule has 0 fully saturated rings. The van der Waals surface area contributed by atoms with Gasteiger partial charge in [-0.05, 0) is 40.4 Å². The second kappa shape index (κ2) is 7.67. The summed E-state index contributed by atoms with van der Waals surface area (Å²) in [5.41, 5.74) is 0.424. The van der Waals surface area contributed by atoms with Crippen molar-refractivity contribution in [2.45, 2.75) is 19.8 Å². The van der Waals surface area contributed by atoms with E-state index in [4.69, 9.17) is 11.6 Å². The van der Waals surface area contributed by atoms with Crippen LogP contribution in [0.5, 0.6) is 0 Å². The lowest BCUT2D eigenvalue weighted by molar-refractivity contribution is 0.0940. The normalized spacial score (nSPS) is 12.2. The van der Waals surface area contributed by atoms with Crippen molar-refractivity contribution in [3.05, 3.63) is 28.5 Å². The Bertz CT molecular complexity index is 373. The molecule has 1 N–H and O–H groups in total. The maximum absolute atomic E-state index is 11.9. The first-order valence-corrected chi connectivity index (χ1v) is 6.96. The van der Waals surface area contributed by atoms with E-state index < -0.39 is 0 Å². The van der Waals surface area contributed by atoms with E-state index in [0.29, 0.717) is 28.5 Å². The second-order valence-electron chi connectivity index (χ2n) is 3.80. The van der Waals surface area contributed by atoms with Crippen LogP contribution in [-0.2, 0) is 0 Å². The van der Waals surface area contributed by atoms with E-state index in [1.807, 2.05) is 0 Å². The molecule has 0 spiro atoms. The quantitative estimate of drug-likeness (QED) is 0.818. The third kappa shape index (κ3) is 4.64. The molecule has 0 aliphatic heterocycles. The number of nitrogens with one attached hydrogen (secondary N) is 1. The fourth-order valence-corrected chi connectivity index (χ4v) is 2.22. The van der Waals surface area contributed by atoms with Crippen molar-refractivity contribution in [1.82, 2.24) is 10.3 Å². The van der Waals surface area contributed by atoms with Crippen LogP contribution in [0.4, 0.5) is 0 Å². The minimum atomic E-state index is -0.148. The van der Waals surface area contributed by atoms with Gasteiger partial charge in [-0.15, -0.1) is 11.6 Å². The average molecular weight is 320 g/mol. The minimum Gasteiger partial charge on any atom is -0.350 e. The van der Waals surface area contributed by atoms with Crippen LogP contribution in [-0.4, -0.2) is 23.3 Å². The van der Waals surface area contributed by atoms with Crippen LogP contribution in [0.2, 0.25) is 0 Å². The summed E-state index contributed by atoms with van der Waals surface area (Å²) in [5.74, 6) is 0.909. The molecule has 17 heavy (non-hydrogen) atoms. The van der Waals surface area contributed by atoms with Crippen molar-refractivity contribution in [3.8, 4) is 0 Å². The molecule has 0 aromatic carbocycles. The van der Waals surface area contributed by atoms with Crippen molar-refractivity contribution in [3.63, 3.8) is 0 Å². The first-order valence-electron chi connectivity index (χ1n) is 5.63. The molecular formula is C12H16BrClN2O. The molecule has 0 bridgehead atoms. The predicted octanol–water partition coefficient (Wildman–Crippen LogP) is 3.23. The van der Waals surface area contributed by atoms with Gasteiger partial charge < -0.3 is 5.32 Å². The van der Waals surface area contributed by atoms with E-state index in [9.17, 15) is 4.79 Å². The van der Waals surface area contributed by atoms with Crippen molar-refractivity contribution < 1.29 is 4.79 Å². The summed E-state index contributed by atoms with van der Waals surface area (Å²) in [5, 5.41) is 2.89. The lowest BCUT2D eigenvalue weighted by Crippen LogP contribution is -2.30. The van der Waals surface area contributed by atoms with Gasteiger partial charge in [0.15, 0.2) is 0 Å². The van der Waals surface area contributed by atoms with Crippen LogP contribution >= 0.6 is 27.5 Å². The number of hydrogen-bond donors (Lipinski definition) is 1. The number of pyridine rings is 1. The molecule has 1 atom stereocenters. The molecule has 1 aromatic rings. The zero-order valence-corrected chi connectivity index (χ0v) is 12.1. The maximum atomic E-state index is 11.9. The second-order valence-corrected chi connectivity index (χ2v) is 5.03. The average Bonchev–Trinajstić information content (AvgIpc) is 2.34. The Morgan fingerprint density at radius 2 is 2.41 bits per heavy atom. The van der Waals surface area contributed by atoms with E-state index in [0.717, 1.165) is 12.8 Å². The molecule has 0 aliphatic carbocycles. The number of halogens is 2. The van der Waals surface area contributed by atoms with Crippen LogP contribution < -0.4 is 5.32 Å². The van der Waals surface area contributed by atoms with Crippen molar-refractivity contribution in [2.24, 2.45) is 5.92 Å². The van der Waals surface area contributed by atoms with Crippen LogP contribution in [0, 0.1) is 5.92 Å². The third-order valence-corrected chi connectivity index (χ3v) is 3.48. The summed E-state index contributed by atoms with van der Waals surface area (Å²) in [6, 6.07) is 3.58. The fourth-order valence-electron chi connectivity index (χ4n) is 1.48. The highest BCUT2D eigenvalue weighted by Crippen LogP contribution is 2.13. The zero-order valence-electron chi connectivity index (χ0n) is 9.75. The van der Waals surface area contributed by atoms with Gasteiger partial charge in [0.2, 0.25) is 0 Å². The largest absolute Gasteiger partial charge is 0.350 e. The molecule has 94 valence electrons. The number of aromatic nitrogens is 1. The summed E-state index contributed by atoms with van der Waals surface area (Å²) >= 11 is 9.01. The Balaban J connectivity index is 2.52. The highest BCUT2D eigenvalue weighted by atomic mass is 79.9. The number of hydrogen-bond acceptors (Lipinski definition) is 2. The molecule has 1 rings (SSSR count). The Morgan fingerprint density at radius 1 is 1.65 bits per heavy atom. The van der Waals surface area contributed by atoms with Crippen molar-refractivity contribution in [2.75, 3.05) is 12.4 Å². The Morgan fingerprint density at radius 3 is 3.00 bits per heavy atom. The lowest BCUT2D eigenvalue weighted by atomic mass is 10.0. The van der Waals surface area contributed by atoms with Crippen molar-refractivity contribution in [1.29, 1.82) is 0 Å². The van der Waals surface area contributed by atoms with Crippen molar-refractivity contribution >= 4 is 33.4 Å². The molecule has 0 aliphatic rings. The van der Waals surface area contributed by atoms with Gasteiger partial charge in [0.05, 0.1) is 0 Å². The van der Waals surface area contributed by atoms with Gasteiger partial charge in [0.1, 0.15) is 5.69 Å². The van der Waals surface area contributed by atoms with E-state index >= 15 is 0 Å². The summed E-state index contributed by atoms with van der Waals surface area (Å²) in [7, 11) is 0. The highest BCUT2D eigenvalue weighted by molar-refractivity contribution is 9.10. The predicted molar refractivity (Wildman–Crippen MR) is 73.4 cm³/mol. The van der Waals surface area contributed by atoms with Gasteiger partial charge in [-0.1, -0.05) is 13.3 Å². The Labute approximate surface area is 115 Å². The number of nitrogens with zero attached hydrogens (tertiary/aromatic N) is 1. The van der Waals surface area contributed by atoms with E-state index in [-0.39, 0.29) is 5.91 Å². The number of carbonyl (C=O) groups excluding carboxylic acids is 1. The van der Waals surface area contributed by atoms with Gasteiger partial charge >= 0.3 is 0 Å². The van der Waals surface area contributed by atoms with Crippen LogP contribution in [0.1, 0.15) is 30.3 Å². The Hall–Kier alpha value is -0.610. The number of rotatable bonds is 6. The topological polar surface area (TPSA) is 42.0 Å². The van der Waals surface area contributed by atoms with E-state index in [1.54, 1.807) is 18.3 Å². The third-order valence-electron chi connectivity index (χ3n) is 2.62. The molecule has 0 saturated carbocycles. The molecular weight excluding hydrogens is 304 g/mol. The van der Waals surface area contributed by atoms with Gasteiger partial charge in [-0.25, -0.2) is 4.98 Å². The van der Waals surface area contributed by atoms with Gasteiger partial charge in [0, 0.05) is 23.1 Å². The molecule has 5 heteroatoms. The molecule has 1 unspecified atom stereocenters. The fraction of sp³-hybridized carbons (Fsp3) is 0.500. The standard InChI is InChI=1S/C12H16BrClN2O/c1-2-9(5-6-14)8-16-12(17)11-10(13)4-3-7-15-11/h3-4,7,9H,2,5-6,8H2,1H3,(H,16,17). The summed E-state index contributed by atoms with van der Waals surface area (Å²) in [6.45, 7) is 2.74. The van der Waals surface area contributed by atoms with Crippen LogP contribution in [0.3, 0.4) is 0 Å². The Kier molecular flexibility index (Phi) is 6.52. The zero-order chi connectivity index (χ0) is 12.7. The summed E-state index contributed by atoms with van der Waals surface area (Å²) < 4.78 is 0.711. The first kappa shape index (κ1) is 14.5. The van der Waals surface area contributed by atoms with Crippen LogP contribution in [0.15, 0.2) is 22.8 Å². The number of amides is 1. The molecule has 0 saturated heterocycles. The van der Waals surface area contributed by atoms with E-state index in [2.05, 4.69) is 33.2 Å². The lowest BCUT2D eigenvalue weighted by Gasteiger charge is -2.14. The summed E-state index contributed by atoms with van der Waals surface area (Å²) in [4.78, 5) is 15.9. The minimum absolute atomic E-state index is 0.148. The molecule has 1 aromatic heterocycles. The maximum Gasteiger partial charge on any atom is 0.271 e. The molecule has 1 heterocycles. The summed E-state index contributed by atoms with van der Waals surface area (Å²) in [6.07, 6.45) is 3.54. The number of alkyl halides is 1. The number of carbonyl (C=O) groups is 1. The van der Waals surface area contributed by atoms with Gasteiger partial charge in [-0.2, -0.15) is 0 Å². The molecule has 3 nitrogen and oxygen atoms in total. The molecule has 0 radical (unpaired) electrons. The smallest absolute Gasteiger partial charge is 0.271 e. The van der Waals surface area contributed by atoms with Crippen LogP contribution in [0.25, 0.3) is 0 Å². The first-order chi connectivity index (χ1) is 8.19. The van der Waals surface area contributed by atoms with Gasteiger partial charge in [0.25, 0.3) is 5.91 Å². The molecule has 1 amide bonds. The highest BCUT2D eigenvalue weighted by Gasteiger charge is 2.12. The van der Waals surface area contributed by atoms with E-state index in [1.165, 1.54) is 0 Å². The monoisotopic (exact) mass is 318 g/mol. The SMILES string of the molecule is CCC(CCCl)CNC(=O)c1ncccc1Br.